The van der Waals surface area contributed by atoms with Crippen LogP contribution < -0.4 is 10.2 Å². The van der Waals surface area contributed by atoms with Crippen molar-refractivity contribution < 1.29 is 0 Å². The molecule has 3 aromatic heterocycles. The number of rotatable bonds is 3. The van der Waals surface area contributed by atoms with E-state index in [4.69, 9.17) is 0 Å². The summed E-state index contributed by atoms with van der Waals surface area (Å²) in [6, 6.07) is 5.89. The Hall–Kier alpha value is -3.33. The van der Waals surface area contributed by atoms with Gasteiger partial charge in [-0.3, -0.25) is 5.10 Å². The SMILES string of the molecule is c1cnn(-c2ccc(-c3cnc(N4CCNCC4)nn3)c3cn[nH]c23)c1. The van der Waals surface area contributed by atoms with Crippen LogP contribution in [0.2, 0.25) is 0 Å². The second-order valence-electron chi connectivity index (χ2n) is 6.12. The van der Waals surface area contributed by atoms with Crippen LogP contribution in [-0.4, -0.2) is 61.3 Å². The fraction of sp³-hybridized carbons (Fsp3) is 0.235. The van der Waals surface area contributed by atoms with Gasteiger partial charge in [0.25, 0.3) is 0 Å². The van der Waals surface area contributed by atoms with Gasteiger partial charge in [-0.15, -0.1) is 10.2 Å². The highest BCUT2D eigenvalue weighted by molar-refractivity contribution is 5.97. The lowest BCUT2D eigenvalue weighted by molar-refractivity contribution is 0.577. The number of nitrogens with one attached hydrogen (secondary N) is 2. The zero-order chi connectivity index (χ0) is 17.3. The summed E-state index contributed by atoms with van der Waals surface area (Å²) in [5.74, 6) is 0.673. The molecule has 0 radical (unpaired) electrons. The average Bonchev–Trinajstić information content (AvgIpc) is 3.40. The molecule has 0 bridgehead atoms. The minimum absolute atomic E-state index is 0.673. The maximum absolute atomic E-state index is 4.52. The van der Waals surface area contributed by atoms with Crippen LogP contribution in [-0.2, 0) is 0 Å². The molecule has 0 atom stereocenters. The highest BCUT2D eigenvalue weighted by Gasteiger charge is 2.16. The van der Waals surface area contributed by atoms with Crippen molar-refractivity contribution in [3.8, 4) is 16.9 Å². The number of aromatic amines is 1. The second-order valence-corrected chi connectivity index (χ2v) is 6.12. The van der Waals surface area contributed by atoms with Crippen LogP contribution in [0.25, 0.3) is 27.8 Å². The molecule has 4 aromatic rings. The predicted molar refractivity (Wildman–Crippen MR) is 97.1 cm³/mol. The van der Waals surface area contributed by atoms with Gasteiger partial charge in [0.1, 0.15) is 5.69 Å². The summed E-state index contributed by atoms with van der Waals surface area (Å²) in [5.41, 5.74) is 3.50. The van der Waals surface area contributed by atoms with Gasteiger partial charge in [-0.25, -0.2) is 9.67 Å². The van der Waals surface area contributed by atoms with E-state index in [2.05, 4.69) is 40.7 Å². The largest absolute Gasteiger partial charge is 0.337 e. The van der Waals surface area contributed by atoms with Crippen LogP contribution >= 0.6 is 0 Å². The summed E-state index contributed by atoms with van der Waals surface area (Å²) in [4.78, 5) is 6.66. The van der Waals surface area contributed by atoms with Crippen molar-refractivity contribution in [3.05, 3.63) is 43.0 Å². The molecule has 9 heteroatoms. The van der Waals surface area contributed by atoms with Crippen molar-refractivity contribution in [2.75, 3.05) is 31.1 Å². The molecule has 0 unspecified atom stereocenters. The zero-order valence-corrected chi connectivity index (χ0v) is 14.0. The smallest absolute Gasteiger partial charge is 0.245 e. The Balaban J connectivity index is 1.53. The minimum atomic E-state index is 0.673. The van der Waals surface area contributed by atoms with Crippen LogP contribution in [0.1, 0.15) is 0 Å². The second kappa shape index (κ2) is 6.19. The first-order valence-corrected chi connectivity index (χ1v) is 8.52. The number of benzene rings is 1. The molecule has 1 aliphatic heterocycles. The molecular formula is C17H17N9. The lowest BCUT2D eigenvalue weighted by Gasteiger charge is -2.26. The first kappa shape index (κ1) is 15.0. The van der Waals surface area contributed by atoms with Gasteiger partial charge in [-0.1, -0.05) is 0 Å². The third-order valence-corrected chi connectivity index (χ3v) is 4.57. The van der Waals surface area contributed by atoms with E-state index in [1.807, 2.05) is 29.1 Å². The van der Waals surface area contributed by atoms with Crippen molar-refractivity contribution in [1.29, 1.82) is 0 Å². The highest BCUT2D eigenvalue weighted by Crippen LogP contribution is 2.29. The average molecular weight is 347 g/mol. The van der Waals surface area contributed by atoms with Gasteiger partial charge in [-0.05, 0) is 18.2 Å². The maximum atomic E-state index is 4.52. The Morgan fingerprint density at radius 1 is 1.04 bits per heavy atom. The molecule has 0 spiro atoms. The normalized spacial score (nSPS) is 14.8. The Morgan fingerprint density at radius 3 is 2.73 bits per heavy atom. The van der Waals surface area contributed by atoms with Crippen LogP contribution in [0.4, 0.5) is 5.95 Å². The van der Waals surface area contributed by atoms with Crippen LogP contribution in [0.3, 0.4) is 0 Å². The molecule has 1 saturated heterocycles. The number of hydrogen-bond donors (Lipinski definition) is 2. The summed E-state index contributed by atoms with van der Waals surface area (Å²) in [6.45, 7) is 3.67. The number of hydrogen-bond acceptors (Lipinski definition) is 7. The summed E-state index contributed by atoms with van der Waals surface area (Å²) in [7, 11) is 0. The van der Waals surface area contributed by atoms with Crippen LogP contribution in [0, 0.1) is 0 Å². The fourth-order valence-corrected chi connectivity index (χ4v) is 3.25. The minimum Gasteiger partial charge on any atom is -0.337 e. The summed E-state index contributed by atoms with van der Waals surface area (Å²) >= 11 is 0. The quantitative estimate of drug-likeness (QED) is 0.570. The molecule has 9 nitrogen and oxygen atoms in total. The molecule has 1 fully saturated rings. The van der Waals surface area contributed by atoms with E-state index in [-0.39, 0.29) is 0 Å². The lowest BCUT2D eigenvalue weighted by atomic mass is 10.1. The predicted octanol–water partition coefficient (Wildman–Crippen LogP) is 1.01. The fourth-order valence-electron chi connectivity index (χ4n) is 3.25. The topological polar surface area (TPSA) is 100 Å². The van der Waals surface area contributed by atoms with Gasteiger partial charge in [0, 0.05) is 49.5 Å². The molecule has 1 aliphatic rings. The van der Waals surface area contributed by atoms with Crippen molar-refractivity contribution in [2.45, 2.75) is 0 Å². The lowest BCUT2D eigenvalue weighted by Crippen LogP contribution is -2.44. The third-order valence-electron chi connectivity index (χ3n) is 4.57. The van der Waals surface area contributed by atoms with Gasteiger partial charge < -0.3 is 10.2 Å². The number of nitrogens with zero attached hydrogens (tertiary/aromatic N) is 7. The van der Waals surface area contributed by atoms with Crippen molar-refractivity contribution in [1.82, 2.24) is 40.5 Å². The van der Waals surface area contributed by atoms with Gasteiger partial charge >= 0.3 is 0 Å². The van der Waals surface area contributed by atoms with Crippen LogP contribution in [0.5, 0.6) is 0 Å². The molecule has 0 aliphatic carbocycles. The van der Waals surface area contributed by atoms with Gasteiger partial charge in [-0.2, -0.15) is 10.2 Å². The van der Waals surface area contributed by atoms with E-state index in [0.29, 0.717) is 5.95 Å². The number of fused-ring (bicyclic) bond motifs is 1. The van der Waals surface area contributed by atoms with E-state index in [1.54, 1.807) is 18.6 Å². The number of piperazine rings is 1. The molecule has 2 N–H and O–H groups in total. The molecule has 5 rings (SSSR count). The monoisotopic (exact) mass is 347 g/mol. The van der Waals surface area contributed by atoms with Gasteiger partial charge in [0.15, 0.2) is 0 Å². The van der Waals surface area contributed by atoms with Gasteiger partial charge in [0.2, 0.25) is 5.95 Å². The van der Waals surface area contributed by atoms with E-state index in [1.165, 1.54) is 0 Å². The molecule has 0 amide bonds. The van der Waals surface area contributed by atoms with Crippen molar-refractivity contribution in [3.63, 3.8) is 0 Å². The molecule has 4 heterocycles. The number of anilines is 1. The summed E-state index contributed by atoms with van der Waals surface area (Å²) in [5, 5.41) is 24.6. The Labute approximate surface area is 149 Å². The van der Waals surface area contributed by atoms with Crippen molar-refractivity contribution >= 4 is 16.9 Å². The zero-order valence-electron chi connectivity index (χ0n) is 14.0. The molecule has 0 saturated carbocycles. The third kappa shape index (κ3) is 2.49. The van der Waals surface area contributed by atoms with Crippen LogP contribution in [0.15, 0.2) is 43.0 Å². The van der Waals surface area contributed by atoms with E-state index < -0.39 is 0 Å². The molecular weight excluding hydrogens is 330 g/mol. The number of aromatic nitrogens is 7. The molecule has 26 heavy (non-hydrogen) atoms. The van der Waals surface area contributed by atoms with Crippen molar-refractivity contribution in [2.24, 2.45) is 0 Å². The number of H-pyrrole nitrogens is 1. The standard InChI is InChI=1S/C17H17N9/c1-4-21-26(7-1)15-3-2-12(13-10-20-23-16(13)15)14-11-19-17(24-22-14)25-8-5-18-6-9-25/h1-4,7,10-11,18H,5-6,8-9H2,(H,20,23). The maximum Gasteiger partial charge on any atom is 0.245 e. The van der Waals surface area contributed by atoms with E-state index in [0.717, 1.165) is 54.0 Å². The van der Waals surface area contributed by atoms with E-state index >= 15 is 0 Å². The van der Waals surface area contributed by atoms with Gasteiger partial charge in [0.05, 0.1) is 23.6 Å². The van der Waals surface area contributed by atoms with E-state index in [9.17, 15) is 0 Å². The Morgan fingerprint density at radius 2 is 1.96 bits per heavy atom. The summed E-state index contributed by atoms with van der Waals surface area (Å²) in [6.07, 6.45) is 7.22. The first-order valence-electron chi connectivity index (χ1n) is 8.52. The summed E-state index contributed by atoms with van der Waals surface area (Å²) < 4.78 is 1.81. The molecule has 1 aromatic carbocycles. The highest BCUT2D eigenvalue weighted by atomic mass is 15.3. The Bertz CT molecular complexity index is 1010. The first-order chi connectivity index (χ1) is 12.9. The molecule has 130 valence electrons. The Kier molecular flexibility index (Phi) is 3.56.